The smallest absolute Gasteiger partial charge is 0.358 e. The first-order chi connectivity index (χ1) is 9.66. The molecule has 104 valence electrons. The van der Waals surface area contributed by atoms with Crippen LogP contribution < -0.4 is 0 Å². The Hall–Kier alpha value is -2.28. The molecule has 0 bridgehead atoms. The summed E-state index contributed by atoms with van der Waals surface area (Å²) in [6, 6.07) is 5.76. The van der Waals surface area contributed by atoms with Crippen LogP contribution in [0.4, 0.5) is 4.39 Å². The zero-order valence-corrected chi connectivity index (χ0v) is 10.5. The molecule has 20 heavy (non-hydrogen) atoms. The number of benzene rings is 1. The predicted octanol–water partition coefficient (Wildman–Crippen LogP) is 1.96. The highest BCUT2D eigenvalue weighted by atomic mass is 19.1. The normalized spacial score (nSPS) is 18.4. The molecule has 1 aliphatic heterocycles. The molecule has 0 saturated carbocycles. The maximum Gasteiger partial charge on any atom is 0.358 e. The third-order valence-electron chi connectivity index (χ3n) is 3.19. The fourth-order valence-electron chi connectivity index (χ4n) is 2.32. The second-order valence-corrected chi connectivity index (χ2v) is 4.52. The van der Waals surface area contributed by atoms with Gasteiger partial charge in [0, 0.05) is 6.61 Å². The Morgan fingerprint density at radius 2 is 2.35 bits per heavy atom. The zero-order chi connectivity index (χ0) is 14.1. The third-order valence-corrected chi connectivity index (χ3v) is 3.19. The van der Waals surface area contributed by atoms with Crippen molar-refractivity contribution >= 4 is 5.97 Å². The van der Waals surface area contributed by atoms with E-state index in [0.717, 1.165) is 6.42 Å². The molecule has 1 aliphatic rings. The Balaban J connectivity index is 2.13. The number of carbonyl (C=O) groups is 1. The molecule has 6 nitrogen and oxygen atoms in total. The summed E-state index contributed by atoms with van der Waals surface area (Å²) >= 11 is 0. The van der Waals surface area contributed by atoms with Gasteiger partial charge in [0.1, 0.15) is 17.6 Å². The van der Waals surface area contributed by atoms with Gasteiger partial charge in [-0.2, -0.15) is 0 Å². The SMILES string of the molecule is O=C(O)c1nnn(-c2cccc(F)c2)c1C1CCCO1. The molecule has 1 unspecified atom stereocenters. The van der Waals surface area contributed by atoms with Gasteiger partial charge in [-0.15, -0.1) is 5.10 Å². The summed E-state index contributed by atoms with van der Waals surface area (Å²) in [7, 11) is 0. The number of halogens is 1. The molecule has 1 atom stereocenters. The molecule has 0 radical (unpaired) electrons. The number of rotatable bonds is 3. The van der Waals surface area contributed by atoms with Gasteiger partial charge in [-0.3, -0.25) is 0 Å². The summed E-state index contributed by atoms with van der Waals surface area (Å²) in [5.74, 6) is -1.59. The minimum atomic E-state index is -1.17. The molecular formula is C13H12FN3O3. The number of hydrogen-bond donors (Lipinski definition) is 1. The summed E-state index contributed by atoms with van der Waals surface area (Å²) in [5.41, 5.74) is 0.636. The third kappa shape index (κ3) is 2.16. The minimum Gasteiger partial charge on any atom is -0.476 e. The maximum atomic E-state index is 13.3. The van der Waals surface area contributed by atoms with Crippen LogP contribution in [0, 0.1) is 5.82 Å². The van der Waals surface area contributed by atoms with E-state index in [4.69, 9.17) is 4.74 Å². The Bertz CT molecular complexity index is 650. The van der Waals surface area contributed by atoms with Crippen molar-refractivity contribution in [2.75, 3.05) is 6.61 Å². The number of ether oxygens (including phenoxy) is 1. The highest BCUT2D eigenvalue weighted by molar-refractivity contribution is 5.86. The Labute approximate surface area is 113 Å². The van der Waals surface area contributed by atoms with E-state index >= 15 is 0 Å². The molecule has 1 aromatic carbocycles. The zero-order valence-electron chi connectivity index (χ0n) is 10.5. The van der Waals surface area contributed by atoms with Gasteiger partial charge in [0.2, 0.25) is 0 Å². The second kappa shape index (κ2) is 5.01. The molecule has 1 fully saturated rings. The molecule has 2 aromatic rings. The van der Waals surface area contributed by atoms with E-state index in [2.05, 4.69) is 10.3 Å². The number of carboxylic acid groups (broad SMARTS) is 1. The Kier molecular flexibility index (Phi) is 3.19. The molecule has 7 heteroatoms. The van der Waals surface area contributed by atoms with E-state index in [-0.39, 0.29) is 11.8 Å². The predicted molar refractivity (Wildman–Crippen MR) is 66.2 cm³/mol. The first kappa shape index (κ1) is 12.7. The first-order valence-corrected chi connectivity index (χ1v) is 6.23. The van der Waals surface area contributed by atoms with Crippen molar-refractivity contribution in [3.05, 3.63) is 41.5 Å². The fraction of sp³-hybridized carbons (Fsp3) is 0.308. The van der Waals surface area contributed by atoms with Crippen LogP contribution in [0.3, 0.4) is 0 Å². The first-order valence-electron chi connectivity index (χ1n) is 6.23. The van der Waals surface area contributed by atoms with Crippen LogP contribution in [0.25, 0.3) is 5.69 Å². The van der Waals surface area contributed by atoms with E-state index in [1.165, 1.54) is 22.9 Å². The van der Waals surface area contributed by atoms with Crippen LogP contribution in [0.2, 0.25) is 0 Å². The molecule has 3 rings (SSSR count). The van der Waals surface area contributed by atoms with Gasteiger partial charge in [-0.1, -0.05) is 11.3 Å². The molecule has 1 saturated heterocycles. The molecule has 0 amide bonds. The van der Waals surface area contributed by atoms with E-state index in [9.17, 15) is 14.3 Å². The highest BCUT2D eigenvalue weighted by Crippen LogP contribution is 2.31. The van der Waals surface area contributed by atoms with Crippen LogP contribution in [-0.4, -0.2) is 32.7 Å². The molecule has 2 heterocycles. The summed E-state index contributed by atoms with van der Waals surface area (Å²) in [6.45, 7) is 0.568. The second-order valence-electron chi connectivity index (χ2n) is 4.52. The standard InChI is InChI=1S/C13H12FN3O3/c14-8-3-1-4-9(7-8)17-12(10-5-2-6-20-10)11(13(18)19)15-16-17/h1,3-4,7,10H,2,5-6H2,(H,18,19). The average molecular weight is 277 g/mol. The highest BCUT2D eigenvalue weighted by Gasteiger charge is 2.30. The average Bonchev–Trinajstić information content (AvgIpc) is 3.07. The monoisotopic (exact) mass is 277 g/mol. The van der Waals surface area contributed by atoms with Crippen LogP contribution in [0.1, 0.15) is 35.1 Å². The van der Waals surface area contributed by atoms with Crippen molar-refractivity contribution in [2.45, 2.75) is 18.9 Å². The summed E-state index contributed by atoms with van der Waals surface area (Å²) in [4.78, 5) is 11.2. The van der Waals surface area contributed by atoms with Gasteiger partial charge in [0.25, 0.3) is 0 Å². The lowest BCUT2D eigenvalue weighted by Crippen LogP contribution is -2.11. The van der Waals surface area contributed by atoms with Gasteiger partial charge >= 0.3 is 5.97 Å². The lowest BCUT2D eigenvalue weighted by atomic mass is 10.1. The largest absolute Gasteiger partial charge is 0.476 e. The number of aromatic carboxylic acids is 1. The molecule has 1 N–H and O–H groups in total. The van der Waals surface area contributed by atoms with Crippen LogP contribution in [0.15, 0.2) is 24.3 Å². The number of aromatic nitrogens is 3. The van der Waals surface area contributed by atoms with Crippen molar-refractivity contribution in [3.63, 3.8) is 0 Å². The summed E-state index contributed by atoms with van der Waals surface area (Å²) < 4.78 is 20.2. The fourth-order valence-corrected chi connectivity index (χ4v) is 2.32. The van der Waals surface area contributed by atoms with E-state index in [1.54, 1.807) is 6.07 Å². The van der Waals surface area contributed by atoms with E-state index < -0.39 is 11.8 Å². The molecular weight excluding hydrogens is 265 g/mol. The Morgan fingerprint density at radius 1 is 1.50 bits per heavy atom. The van der Waals surface area contributed by atoms with Crippen LogP contribution in [-0.2, 0) is 4.74 Å². The van der Waals surface area contributed by atoms with E-state index in [1.807, 2.05) is 0 Å². The van der Waals surface area contributed by atoms with Gasteiger partial charge in [0.05, 0.1) is 5.69 Å². The number of nitrogens with zero attached hydrogens (tertiary/aromatic N) is 3. The molecule has 0 aliphatic carbocycles. The number of carboxylic acids is 1. The van der Waals surface area contributed by atoms with Gasteiger partial charge in [-0.05, 0) is 31.0 Å². The van der Waals surface area contributed by atoms with E-state index in [0.29, 0.717) is 24.4 Å². The van der Waals surface area contributed by atoms with Crippen molar-refractivity contribution in [1.29, 1.82) is 0 Å². The van der Waals surface area contributed by atoms with Crippen molar-refractivity contribution < 1.29 is 19.0 Å². The van der Waals surface area contributed by atoms with Crippen molar-refractivity contribution in [1.82, 2.24) is 15.0 Å². The summed E-state index contributed by atoms with van der Waals surface area (Å²) in [6.07, 6.45) is 1.17. The summed E-state index contributed by atoms with van der Waals surface area (Å²) in [5, 5.41) is 16.7. The topological polar surface area (TPSA) is 77.2 Å². The van der Waals surface area contributed by atoms with Gasteiger partial charge in [-0.25, -0.2) is 13.9 Å². The van der Waals surface area contributed by atoms with Crippen LogP contribution >= 0.6 is 0 Å². The lowest BCUT2D eigenvalue weighted by molar-refractivity contribution is 0.0673. The Morgan fingerprint density at radius 3 is 3.00 bits per heavy atom. The van der Waals surface area contributed by atoms with Crippen LogP contribution in [0.5, 0.6) is 0 Å². The van der Waals surface area contributed by atoms with Crippen molar-refractivity contribution in [3.8, 4) is 5.69 Å². The maximum absolute atomic E-state index is 13.3. The minimum absolute atomic E-state index is 0.152. The number of hydrogen-bond acceptors (Lipinski definition) is 4. The van der Waals surface area contributed by atoms with Gasteiger partial charge in [0.15, 0.2) is 5.69 Å². The van der Waals surface area contributed by atoms with Gasteiger partial charge < -0.3 is 9.84 Å². The quantitative estimate of drug-likeness (QED) is 0.927. The lowest BCUT2D eigenvalue weighted by Gasteiger charge is -2.12. The molecule has 0 spiro atoms. The van der Waals surface area contributed by atoms with Crippen molar-refractivity contribution in [2.24, 2.45) is 0 Å². The molecule has 1 aromatic heterocycles.